The summed E-state index contributed by atoms with van der Waals surface area (Å²) in [6, 6.07) is 7.81. The molecule has 0 unspecified atom stereocenters. The molecule has 0 aliphatic carbocycles. The maximum Gasteiger partial charge on any atom is 0.268 e. The molecule has 136 valence electrons. The van der Waals surface area contributed by atoms with E-state index in [0.29, 0.717) is 22.8 Å². The lowest BCUT2D eigenvalue weighted by atomic mass is 9.91. The molecule has 2 aromatic rings. The molecule has 0 bridgehead atoms. The normalized spacial score (nSPS) is 17.8. The Hall–Kier alpha value is -1.82. The standard InChI is InChI=1S/C19H27N3O2S/c1-6-21-15(5)19(14(4)20-21)25(23,24)22-17(13(2)3)12-11-16-9-7-8-10-18(16)22/h7-10,13,17H,6,11-12H2,1-5H3/t17-/m0/s1. The molecule has 25 heavy (non-hydrogen) atoms. The van der Waals surface area contributed by atoms with Crippen molar-refractivity contribution >= 4 is 15.7 Å². The van der Waals surface area contributed by atoms with E-state index in [1.807, 2.05) is 38.1 Å². The van der Waals surface area contributed by atoms with Gasteiger partial charge in [-0.05, 0) is 51.2 Å². The van der Waals surface area contributed by atoms with Gasteiger partial charge in [0.15, 0.2) is 0 Å². The van der Waals surface area contributed by atoms with Crippen molar-refractivity contribution < 1.29 is 8.42 Å². The van der Waals surface area contributed by atoms with Crippen molar-refractivity contribution in [3.05, 3.63) is 41.2 Å². The number of sulfonamides is 1. The maximum absolute atomic E-state index is 13.7. The monoisotopic (exact) mass is 361 g/mol. The first-order valence-corrected chi connectivity index (χ1v) is 10.4. The first-order chi connectivity index (χ1) is 11.8. The summed E-state index contributed by atoms with van der Waals surface area (Å²) in [4.78, 5) is 0.358. The van der Waals surface area contributed by atoms with E-state index in [4.69, 9.17) is 0 Å². The zero-order valence-corrected chi connectivity index (χ0v) is 16.5. The van der Waals surface area contributed by atoms with Crippen LogP contribution in [0.4, 0.5) is 5.69 Å². The SMILES string of the molecule is CCn1nc(C)c(S(=O)(=O)N2c3ccccc3CC[C@H]2C(C)C)c1C. The highest BCUT2D eigenvalue weighted by Crippen LogP contribution is 2.39. The van der Waals surface area contributed by atoms with Crippen LogP contribution in [0, 0.1) is 19.8 Å². The van der Waals surface area contributed by atoms with Crippen LogP contribution in [0.1, 0.15) is 44.1 Å². The van der Waals surface area contributed by atoms with Crippen molar-refractivity contribution in [2.45, 2.75) is 64.9 Å². The third-order valence-corrected chi connectivity index (χ3v) is 7.23. The van der Waals surface area contributed by atoms with Gasteiger partial charge in [0, 0.05) is 12.6 Å². The van der Waals surface area contributed by atoms with Crippen molar-refractivity contribution in [2.24, 2.45) is 5.92 Å². The summed E-state index contributed by atoms with van der Waals surface area (Å²) in [6.45, 7) is 10.4. The molecule has 0 amide bonds. The van der Waals surface area contributed by atoms with Crippen LogP contribution in [0.25, 0.3) is 0 Å². The third-order valence-electron chi connectivity index (χ3n) is 5.14. The number of aromatic nitrogens is 2. The van der Waals surface area contributed by atoms with E-state index < -0.39 is 10.0 Å². The fraction of sp³-hybridized carbons (Fsp3) is 0.526. The first-order valence-electron chi connectivity index (χ1n) is 8.95. The summed E-state index contributed by atoms with van der Waals surface area (Å²) in [6.07, 6.45) is 1.76. The maximum atomic E-state index is 13.7. The van der Waals surface area contributed by atoms with Crippen LogP contribution < -0.4 is 4.31 Å². The summed E-state index contributed by atoms with van der Waals surface area (Å²) in [5.74, 6) is 0.241. The van der Waals surface area contributed by atoms with Crippen molar-refractivity contribution in [3.63, 3.8) is 0 Å². The zero-order chi connectivity index (χ0) is 18.4. The van der Waals surface area contributed by atoms with Gasteiger partial charge in [-0.3, -0.25) is 8.99 Å². The number of rotatable bonds is 4. The molecular formula is C19H27N3O2S. The number of fused-ring (bicyclic) bond motifs is 1. The van der Waals surface area contributed by atoms with E-state index in [1.165, 1.54) is 0 Å². The van der Waals surface area contributed by atoms with Crippen molar-refractivity contribution in [1.29, 1.82) is 0 Å². The number of aryl methyl sites for hydroxylation is 3. The molecule has 1 aliphatic heterocycles. The summed E-state index contributed by atoms with van der Waals surface area (Å²) in [7, 11) is -3.67. The van der Waals surface area contributed by atoms with Crippen molar-refractivity contribution in [3.8, 4) is 0 Å². The topological polar surface area (TPSA) is 55.2 Å². The van der Waals surface area contributed by atoms with E-state index in [1.54, 1.807) is 15.9 Å². The molecule has 5 nitrogen and oxygen atoms in total. The van der Waals surface area contributed by atoms with E-state index in [9.17, 15) is 8.42 Å². The van der Waals surface area contributed by atoms with Crippen LogP contribution in [0.15, 0.2) is 29.2 Å². The minimum absolute atomic E-state index is 0.0383. The van der Waals surface area contributed by atoms with Gasteiger partial charge < -0.3 is 0 Å². The molecule has 0 N–H and O–H groups in total. The van der Waals surface area contributed by atoms with Gasteiger partial charge in [0.1, 0.15) is 4.90 Å². The number of anilines is 1. The van der Waals surface area contributed by atoms with E-state index in [0.717, 1.165) is 24.1 Å². The second-order valence-corrected chi connectivity index (χ2v) is 8.85. The van der Waals surface area contributed by atoms with Crippen LogP contribution in [0.2, 0.25) is 0 Å². The molecule has 1 aromatic heterocycles. The number of benzene rings is 1. The Bertz CT molecular complexity index is 884. The summed E-state index contributed by atoms with van der Waals surface area (Å²) >= 11 is 0. The Balaban J connectivity index is 2.22. The Morgan fingerprint density at radius 2 is 1.92 bits per heavy atom. The smallest absolute Gasteiger partial charge is 0.268 e. The number of hydrogen-bond acceptors (Lipinski definition) is 3. The Morgan fingerprint density at radius 1 is 1.24 bits per heavy atom. The Kier molecular flexibility index (Phi) is 4.66. The largest absolute Gasteiger partial charge is 0.268 e. The summed E-state index contributed by atoms with van der Waals surface area (Å²) in [5, 5.41) is 4.43. The average Bonchev–Trinajstić information content (AvgIpc) is 2.87. The third kappa shape index (κ3) is 2.86. The van der Waals surface area contributed by atoms with Crippen LogP contribution >= 0.6 is 0 Å². The molecule has 0 saturated carbocycles. The highest BCUT2D eigenvalue weighted by molar-refractivity contribution is 7.93. The predicted octanol–water partition coefficient (Wildman–Crippen LogP) is 3.69. The van der Waals surface area contributed by atoms with Gasteiger partial charge in [0.25, 0.3) is 10.0 Å². The summed E-state index contributed by atoms with van der Waals surface area (Å²) < 4.78 is 30.8. The molecular weight excluding hydrogens is 334 g/mol. The van der Waals surface area contributed by atoms with Crippen molar-refractivity contribution in [1.82, 2.24) is 9.78 Å². The Morgan fingerprint density at radius 3 is 2.52 bits per heavy atom. The second kappa shape index (κ2) is 6.48. The fourth-order valence-electron chi connectivity index (χ4n) is 3.91. The minimum atomic E-state index is -3.67. The lowest BCUT2D eigenvalue weighted by molar-refractivity contribution is 0.445. The molecule has 0 fully saturated rings. The molecule has 2 heterocycles. The molecule has 6 heteroatoms. The first kappa shape index (κ1) is 18.0. The van der Waals surface area contributed by atoms with Gasteiger partial charge in [-0.1, -0.05) is 32.0 Å². The van der Waals surface area contributed by atoms with E-state index in [-0.39, 0.29) is 12.0 Å². The minimum Gasteiger partial charge on any atom is -0.268 e. The predicted molar refractivity (Wildman–Crippen MR) is 100 cm³/mol. The lowest BCUT2D eigenvalue weighted by Crippen LogP contribution is -2.46. The van der Waals surface area contributed by atoms with Gasteiger partial charge in [0.05, 0.1) is 17.1 Å². The van der Waals surface area contributed by atoms with Gasteiger partial charge in [-0.25, -0.2) is 8.42 Å². The van der Waals surface area contributed by atoms with Crippen molar-refractivity contribution in [2.75, 3.05) is 4.31 Å². The van der Waals surface area contributed by atoms with Gasteiger partial charge in [-0.15, -0.1) is 0 Å². The second-order valence-electron chi connectivity index (χ2n) is 7.10. The number of para-hydroxylation sites is 1. The molecule has 0 saturated heterocycles. The van der Waals surface area contributed by atoms with Crippen LogP contribution in [0.5, 0.6) is 0 Å². The highest BCUT2D eigenvalue weighted by atomic mass is 32.2. The van der Waals surface area contributed by atoms with Crippen LogP contribution in [0.3, 0.4) is 0 Å². The lowest BCUT2D eigenvalue weighted by Gasteiger charge is -2.40. The Labute approximate surface area is 150 Å². The molecule has 1 atom stereocenters. The molecule has 0 spiro atoms. The van der Waals surface area contributed by atoms with Gasteiger partial charge in [0.2, 0.25) is 0 Å². The molecule has 1 aliphatic rings. The zero-order valence-electron chi connectivity index (χ0n) is 15.7. The fourth-order valence-corrected chi connectivity index (χ4v) is 6.14. The molecule has 0 radical (unpaired) electrons. The molecule has 3 rings (SSSR count). The van der Waals surface area contributed by atoms with E-state index in [2.05, 4.69) is 18.9 Å². The van der Waals surface area contributed by atoms with Gasteiger partial charge >= 0.3 is 0 Å². The van der Waals surface area contributed by atoms with E-state index >= 15 is 0 Å². The quantitative estimate of drug-likeness (QED) is 0.834. The highest BCUT2D eigenvalue weighted by Gasteiger charge is 2.39. The number of hydrogen-bond donors (Lipinski definition) is 0. The van der Waals surface area contributed by atoms with Gasteiger partial charge in [-0.2, -0.15) is 5.10 Å². The average molecular weight is 362 g/mol. The molecule has 1 aromatic carbocycles. The van der Waals surface area contributed by atoms with Crippen LogP contribution in [-0.2, 0) is 23.0 Å². The summed E-state index contributed by atoms with van der Waals surface area (Å²) in [5.41, 5.74) is 3.20. The number of nitrogens with zero attached hydrogens (tertiary/aromatic N) is 3. The van der Waals surface area contributed by atoms with Crippen LogP contribution in [-0.4, -0.2) is 24.2 Å².